The largest absolute Gasteiger partial charge is 0.475 e. The molecule has 1 amide bonds. The zero-order valence-corrected chi connectivity index (χ0v) is 13.5. The van der Waals surface area contributed by atoms with Crippen molar-refractivity contribution in [1.29, 1.82) is 0 Å². The first-order valence-electron chi connectivity index (χ1n) is 7.23. The molecule has 0 radical (unpaired) electrons. The summed E-state index contributed by atoms with van der Waals surface area (Å²) >= 11 is 0. The van der Waals surface area contributed by atoms with Crippen LogP contribution in [0.3, 0.4) is 0 Å². The minimum absolute atomic E-state index is 0.0826. The molecular formula is C15H24N2O5. The van der Waals surface area contributed by atoms with E-state index >= 15 is 0 Å². The maximum Gasteiger partial charge on any atom is 0.410 e. The molecule has 2 N–H and O–H groups in total. The van der Waals surface area contributed by atoms with Gasteiger partial charge in [-0.05, 0) is 39.8 Å². The smallest absolute Gasteiger partial charge is 0.410 e. The van der Waals surface area contributed by atoms with Crippen LogP contribution in [0.1, 0.15) is 44.0 Å². The molecule has 0 saturated carbocycles. The van der Waals surface area contributed by atoms with Gasteiger partial charge in [-0.1, -0.05) is 0 Å². The van der Waals surface area contributed by atoms with E-state index < -0.39 is 11.6 Å². The molecule has 0 spiro atoms. The Morgan fingerprint density at radius 2 is 2.05 bits per heavy atom. The Kier molecular flexibility index (Phi) is 6.42. The summed E-state index contributed by atoms with van der Waals surface area (Å²) in [6, 6.07) is 3.03. The fraction of sp³-hybridized carbons (Fsp3) is 0.600. The van der Waals surface area contributed by atoms with E-state index in [1.165, 1.54) is 6.07 Å². The normalized spacial score (nSPS) is 11.3. The van der Waals surface area contributed by atoms with Crippen LogP contribution in [0.25, 0.3) is 0 Å². The number of carboxylic acid groups (broad SMARTS) is 1. The van der Waals surface area contributed by atoms with Crippen molar-refractivity contribution < 1.29 is 23.8 Å². The topological polar surface area (TPSA) is 92.0 Å². The van der Waals surface area contributed by atoms with Crippen LogP contribution >= 0.6 is 0 Å². The molecule has 1 aromatic rings. The zero-order chi connectivity index (χ0) is 16.8. The van der Waals surface area contributed by atoms with Gasteiger partial charge >= 0.3 is 12.1 Å². The number of nitrogens with zero attached hydrogens (tertiary/aromatic N) is 1. The Hall–Kier alpha value is -2.02. The molecule has 0 aliphatic heterocycles. The number of furan rings is 1. The molecule has 0 aliphatic rings. The Balaban J connectivity index is 2.34. The predicted octanol–water partition coefficient (Wildman–Crippen LogP) is 2.32. The number of nitrogens with one attached hydrogen (secondary N) is 1. The molecule has 1 heterocycles. The molecule has 1 aromatic heterocycles. The van der Waals surface area contributed by atoms with Gasteiger partial charge in [-0.2, -0.15) is 0 Å². The van der Waals surface area contributed by atoms with E-state index in [-0.39, 0.29) is 11.9 Å². The van der Waals surface area contributed by atoms with Gasteiger partial charge in [-0.3, -0.25) is 0 Å². The third-order valence-corrected chi connectivity index (χ3v) is 2.76. The Morgan fingerprint density at radius 3 is 2.55 bits per heavy atom. The van der Waals surface area contributed by atoms with Crippen molar-refractivity contribution in [3.8, 4) is 0 Å². The summed E-state index contributed by atoms with van der Waals surface area (Å²) < 4.78 is 10.4. The van der Waals surface area contributed by atoms with Crippen molar-refractivity contribution in [1.82, 2.24) is 10.2 Å². The number of hydrogen-bond acceptors (Lipinski definition) is 5. The third kappa shape index (κ3) is 6.17. The van der Waals surface area contributed by atoms with E-state index in [9.17, 15) is 9.59 Å². The van der Waals surface area contributed by atoms with Crippen LogP contribution in [0.4, 0.5) is 4.79 Å². The third-order valence-electron chi connectivity index (χ3n) is 2.76. The average molecular weight is 312 g/mol. The second-order valence-electron chi connectivity index (χ2n) is 5.81. The monoisotopic (exact) mass is 312 g/mol. The molecule has 1 rings (SSSR count). The number of aromatic carboxylic acids is 1. The van der Waals surface area contributed by atoms with Crippen LogP contribution in [-0.4, -0.2) is 47.3 Å². The standard InChI is InChI=1S/C15H24N2O5/c1-5-17(14(20)22-15(2,3)4)9-8-16-10-11-6-7-12(21-11)13(18)19/h6-7,16H,5,8-10H2,1-4H3,(H,18,19). The van der Waals surface area contributed by atoms with E-state index in [0.29, 0.717) is 31.9 Å². The highest BCUT2D eigenvalue weighted by atomic mass is 16.6. The van der Waals surface area contributed by atoms with Crippen molar-refractivity contribution in [3.05, 3.63) is 23.7 Å². The van der Waals surface area contributed by atoms with Crippen LogP contribution < -0.4 is 5.32 Å². The van der Waals surface area contributed by atoms with Crippen LogP contribution in [-0.2, 0) is 11.3 Å². The lowest BCUT2D eigenvalue weighted by molar-refractivity contribution is 0.0261. The molecule has 0 saturated heterocycles. The molecule has 0 atom stereocenters. The highest BCUT2D eigenvalue weighted by Gasteiger charge is 2.20. The summed E-state index contributed by atoms with van der Waals surface area (Å²) in [7, 11) is 0. The summed E-state index contributed by atoms with van der Waals surface area (Å²) in [4.78, 5) is 24.2. The number of carboxylic acids is 1. The molecule has 7 nitrogen and oxygen atoms in total. The number of carbonyl (C=O) groups excluding carboxylic acids is 1. The zero-order valence-electron chi connectivity index (χ0n) is 13.5. The van der Waals surface area contributed by atoms with E-state index in [2.05, 4.69) is 5.32 Å². The average Bonchev–Trinajstić information content (AvgIpc) is 2.85. The summed E-state index contributed by atoms with van der Waals surface area (Å²) in [5.74, 6) is -0.633. The Morgan fingerprint density at radius 1 is 1.36 bits per heavy atom. The molecule has 0 unspecified atom stereocenters. The number of ether oxygens (including phenoxy) is 1. The first-order valence-corrected chi connectivity index (χ1v) is 7.23. The van der Waals surface area contributed by atoms with Gasteiger partial charge in [0, 0.05) is 19.6 Å². The van der Waals surface area contributed by atoms with Gasteiger partial charge in [-0.25, -0.2) is 9.59 Å². The fourth-order valence-electron chi connectivity index (χ4n) is 1.72. The molecule has 0 bridgehead atoms. The van der Waals surface area contributed by atoms with Crippen molar-refractivity contribution >= 4 is 12.1 Å². The Labute approximate surface area is 130 Å². The molecule has 124 valence electrons. The lowest BCUT2D eigenvalue weighted by Crippen LogP contribution is -2.40. The first kappa shape index (κ1) is 18.0. The molecule has 0 aromatic carbocycles. The van der Waals surface area contributed by atoms with E-state index in [1.54, 1.807) is 11.0 Å². The van der Waals surface area contributed by atoms with Gasteiger partial charge in [-0.15, -0.1) is 0 Å². The quantitative estimate of drug-likeness (QED) is 0.751. The van der Waals surface area contributed by atoms with Gasteiger partial charge in [0.1, 0.15) is 11.4 Å². The summed E-state index contributed by atoms with van der Waals surface area (Å²) in [5, 5.41) is 11.9. The molecule has 0 fully saturated rings. The predicted molar refractivity (Wildman–Crippen MR) is 80.9 cm³/mol. The highest BCUT2D eigenvalue weighted by Crippen LogP contribution is 2.10. The summed E-state index contributed by atoms with van der Waals surface area (Å²) in [5.41, 5.74) is -0.515. The van der Waals surface area contributed by atoms with Crippen LogP contribution in [0.2, 0.25) is 0 Å². The van der Waals surface area contributed by atoms with Gasteiger partial charge in [0.15, 0.2) is 0 Å². The number of hydrogen-bond donors (Lipinski definition) is 2. The second-order valence-corrected chi connectivity index (χ2v) is 5.81. The van der Waals surface area contributed by atoms with Gasteiger partial charge in [0.25, 0.3) is 0 Å². The minimum atomic E-state index is -1.09. The fourth-order valence-corrected chi connectivity index (χ4v) is 1.72. The highest BCUT2D eigenvalue weighted by molar-refractivity contribution is 5.84. The van der Waals surface area contributed by atoms with Crippen molar-refractivity contribution in [3.63, 3.8) is 0 Å². The van der Waals surface area contributed by atoms with Gasteiger partial charge in [0.05, 0.1) is 6.54 Å². The SMILES string of the molecule is CCN(CCNCc1ccc(C(=O)O)o1)C(=O)OC(C)(C)C. The molecule has 22 heavy (non-hydrogen) atoms. The number of amides is 1. The van der Waals surface area contributed by atoms with Crippen LogP contribution in [0, 0.1) is 0 Å². The van der Waals surface area contributed by atoms with Gasteiger partial charge < -0.3 is 24.5 Å². The van der Waals surface area contributed by atoms with E-state index in [1.807, 2.05) is 27.7 Å². The number of likely N-dealkylation sites (N-methyl/N-ethyl adjacent to an activating group) is 1. The molecule has 0 aliphatic carbocycles. The first-order chi connectivity index (χ1) is 10.2. The van der Waals surface area contributed by atoms with E-state index in [0.717, 1.165) is 0 Å². The van der Waals surface area contributed by atoms with Crippen molar-refractivity contribution in [2.24, 2.45) is 0 Å². The van der Waals surface area contributed by atoms with Crippen LogP contribution in [0.5, 0.6) is 0 Å². The molecular weight excluding hydrogens is 288 g/mol. The summed E-state index contributed by atoms with van der Waals surface area (Å²) in [6.45, 7) is 9.37. The van der Waals surface area contributed by atoms with Gasteiger partial charge in [0.2, 0.25) is 5.76 Å². The Bertz CT molecular complexity index is 504. The maximum atomic E-state index is 11.9. The number of rotatable bonds is 7. The number of carbonyl (C=O) groups is 2. The summed E-state index contributed by atoms with van der Waals surface area (Å²) in [6.07, 6.45) is -0.344. The lowest BCUT2D eigenvalue weighted by atomic mass is 10.2. The molecule has 7 heteroatoms. The van der Waals surface area contributed by atoms with Crippen molar-refractivity contribution in [2.45, 2.75) is 39.8 Å². The van der Waals surface area contributed by atoms with Crippen LogP contribution in [0.15, 0.2) is 16.5 Å². The minimum Gasteiger partial charge on any atom is -0.475 e. The van der Waals surface area contributed by atoms with E-state index in [4.69, 9.17) is 14.3 Å². The van der Waals surface area contributed by atoms with Crippen molar-refractivity contribution in [2.75, 3.05) is 19.6 Å². The second kappa shape index (κ2) is 7.84. The lowest BCUT2D eigenvalue weighted by Gasteiger charge is -2.26. The maximum absolute atomic E-state index is 11.9.